The maximum atomic E-state index is 12.9. The highest BCUT2D eigenvalue weighted by molar-refractivity contribution is 9.10. The van der Waals surface area contributed by atoms with Crippen LogP contribution >= 0.6 is 27.5 Å². The van der Waals surface area contributed by atoms with Gasteiger partial charge in [0, 0.05) is 34.5 Å². The normalized spacial score (nSPS) is 11.8. The third kappa shape index (κ3) is 3.76. The first-order valence-electron chi connectivity index (χ1n) is 7.87. The van der Waals surface area contributed by atoms with Gasteiger partial charge in [-0.2, -0.15) is 0 Å². The van der Waals surface area contributed by atoms with Crippen LogP contribution in [0.5, 0.6) is 5.75 Å². The van der Waals surface area contributed by atoms with E-state index in [4.69, 9.17) is 16.3 Å². The quantitative estimate of drug-likeness (QED) is 0.649. The predicted molar refractivity (Wildman–Crippen MR) is 105 cm³/mol. The first kappa shape index (κ1) is 18.5. The largest absolute Gasteiger partial charge is 0.496 e. The van der Waals surface area contributed by atoms with Gasteiger partial charge in [0.2, 0.25) is 0 Å². The van der Waals surface area contributed by atoms with Gasteiger partial charge in [-0.05, 0) is 40.2 Å². The molecule has 134 valence electrons. The van der Waals surface area contributed by atoms with E-state index in [1.54, 1.807) is 31.5 Å². The average Bonchev–Trinajstić information content (AvgIpc) is 3.07. The van der Waals surface area contributed by atoms with Crippen molar-refractivity contribution in [1.82, 2.24) is 14.9 Å². The highest BCUT2D eigenvalue weighted by Gasteiger charge is 2.25. The van der Waals surface area contributed by atoms with Gasteiger partial charge in [0.15, 0.2) is 0 Å². The molecule has 1 amide bonds. The molecule has 0 bridgehead atoms. The van der Waals surface area contributed by atoms with Gasteiger partial charge < -0.3 is 14.6 Å². The molecule has 1 unspecified atom stereocenters. The SMILES string of the molecule is COc1ccccc1C(NC(=O)c1cc(Cl)ccc1Br)c1nccn1C. The zero-order chi connectivity index (χ0) is 18.7. The minimum absolute atomic E-state index is 0.265. The monoisotopic (exact) mass is 433 g/mol. The number of amides is 1. The second-order valence-corrected chi connectivity index (χ2v) is 6.96. The van der Waals surface area contributed by atoms with Gasteiger partial charge >= 0.3 is 0 Å². The minimum Gasteiger partial charge on any atom is -0.496 e. The number of ether oxygens (including phenoxy) is 1. The summed E-state index contributed by atoms with van der Waals surface area (Å²) >= 11 is 9.45. The Morgan fingerprint density at radius 2 is 2.08 bits per heavy atom. The molecule has 0 aliphatic heterocycles. The molecular formula is C19H17BrClN3O2. The molecule has 0 spiro atoms. The Labute approximate surface area is 165 Å². The number of halogens is 2. The van der Waals surface area contributed by atoms with Crippen LogP contribution in [0.2, 0.25) is 5.02 Å². The summed E-state index contributed by atoms with van der Waals surface area (Å²) in [5, 5.41) is 3.53. The molecule has 0 fully saturated rings. The Balaban J connectivity index is 2.03. The lowest BCUT2D eigenvalue weighted by Gasteiger charge is -2.21. The average molecular weight is 435 g/mol. The lowest BCUT2D eigenvalue weighted by Crippen LogP contribution is -2.31. The van der Waals surface area contributed by atoms with E-state index in [2.05, 4.69) is 26.2 Å². The summed E-state index contributed by atoms with van der Waals surface area (Å²) in [5.74, 6) is 1.10. The molecule has 0 saturated heterocycles. The lowest BCUT2D eigenvalue weighted by atomic mass is 10.0. The van der Waals surface area contributed by atoms with Crippen LogP contribution in [0, 0.1) is 0 Å². The number of hydrogen-bond donors (Lipinski definition) is 1. The number of imidazole rings is 1. The lowest BCUT2D eigenvalue weighted by molar-refractivity contribution is 0.0940. The number of aryl methyl sites for hydroxylation is 1. The molecule has 3 aromatic rings. The highest BCUT2D eigenvalue weighted by Crippen LogP contribution is 2.30. The van der Waals surface area contributed by atoms with Gasteiger partial charge in [-0.3, -0.25) is 4.79 Å². The summed E-state index contributed by atoms with van der Waals surface area (Å²) < 4.78 is 8.01. The van der Waals surface area contributed by atoms with Crippen LogP contribution in [0.15, 0.2) is 59.3 Å². The summed E-state index contributed by atoms with van der Waals surface area (Å²) in [6, 6.07) is 12.2. The van der Waals surface area contributed by atoms with Crippen LogP contribution in [0.3, 0.4) is 0 Å². The predicted octanol–water partition coefficient (Wildman–Crippen LogP) is 4.36. The van der Waals surface area contributed by atoms with E-state index in [0.29, 0.717) is 26.6 Å². The van der Waals surface area contributed by atoms with Crippen molar-refractivity contribution in [3.63, 3.8) is 0 Å². The number of rotatable bonds is 5. The Morgan fingerprint density at radius 1 is 1.31 bits per heavy atom. The molecule has 1 heterocycles. The van der Waals surface area contributed by atoms with E-state index in [9.17, 15) is 4.79 Å². The number of aromatic nitrogens is 2. The van der Waals surface area contributed by atoms with Crippen molar-refractivity contribution < 1.29 is 9.53 Å². The van der Waals surface area contributed by atoms with E-state index in [1.165, 1.54) is 0 Å². The third-order valence-electron chi connectivity index (χ3n) is 4.02. The van der Waals surface area contributed by atoms with Crippen molar-refractivity contribution in [3.8, 4) is 5.75 Å². The Bertz CT molecular complexity index is 942. The van der Waals surface area contributed by atoms with E-state index >= 15 is 0 Å². The molecular weight excluding hydrogens is 418 g/mol. The molecule has 3 rings (SSSR count). The van der Waals surface area contributed by atoms with Crippen molar-refractivity contribution in [2.45, 2.75) is 6.04 Å². The fourth-order valence-electron chi connectivity index (χ4n) is 2.72. The number of hydrogen-bond acceptors (Lipinski definition) is 3. The number of para-hydroxylation sites is 1. The van der Waals surface area contributed by atoms with Crippen LogP contribution in [0.4, 0.5) is 0 Å². The molecule has 26 heavy (non-hydrogen) atoms. The van der Waals surface area contributed by atoms with Crippen molar-refractivity contribution in [3.05, 3.63) is 81.3 Å². The highest BCUT2D eigenvalue weighted by atomic mass is 79.9. The van der Waals surface area contributed by atoms with Crippen LogP contribution in [-0.2, 0) is 7.05 Å². The Morgan fingerprint density at radius 3 is 2.77 bits per heavy atom. The van der Waals surface area contributed by atoms with Crippen LogP contribution in [0.25, 0.3) is 0 Å². The van der Waals surface area contributed by atoms with Gasteiger partial charge in [0.1, 0.15) is 17.6 Å². The molecule has 5 nitrogen and oxygen atoms in total. The summed E-state index contributed by atoms with van der Waals surface area (Å²) in [6.45, 7) is 0. The summed E-state index contributed by atoms with van der Waals surface area (Å²) in [7, 11) is 3.48. The fourth-order valence-corrected chi connectivity index (χ4v) is 3.32. The van der Waals surface area contributed by atoms with Crippen LogP contribution < -0.4 is 10.1 Å². The second-order valence-electron chi connectivity index (χ2n) is 5.67. The van der Waals surface area contributed by atoms with Crippen LogP contribution in [0.1, 0.15) is 27.8 Å². The smallest absolute Gasteiger partial charge is 0.253 e. The first-order valence-corrected chi connectivity index (χ1v) is 9.04. The van der Waals surface area contributed by atoms with Crippen LogP contribution in [-0.4, -0.2) is 22.6 Å². The van der Waals surface area contributed by atoms with Crippen molar-refractivity contribution in [1.29, 1.82) is 0 Å². The van der Waals surface area contributed by atoms with Gasteiger partial charge in [0.05, 0.1) is 12.7 Å². The second kappa shape index (κ2) is 7.93. The molecule has 1 N–H and O–H groups in total. The molecule has 1 atom stereocenters. The molecule has 1 aromatic heterocycles. The minimum atomic E-state index is -0.482. The van der Waals surface area contributed by atoms with Gasteiger partial charge in [-0.25, -0.2) is 4.98 Å². The number of carbonyl (C=O) groups is 1. The maximum Gasteiger partial charge on any atom is 0.253 e. The summed E-state index contributed by atoms with van der Waals surface area (Å²) in [4.78, 5) is 17.3. The van der Waals surface area contributed by atoms with Crippen molar-refractivity contribution in [2.24, 2.45) is 7.05 Å². The molecule has 0 radical (unpaired) electrons. The van der Waals surface area contributed by atoms with Gasteiger partial charge in [-0.15, -0.1) is 0 Å². The third-order valence-corrected chi connectivity index (χ3v) is 4.94. The number of methoxy groups -OCH3 is 1. The standard InChI is InChI=1S/C19H17BrClN3O2/c1-24-10-9-22-18(24)17(13-5-3-4-6-16(13)26-2)23-19(25)14-11-12(21)7-8-15(14)20/h3-11,17H,1-2H3,(H,23,25). The first-order chi connectivity index (χ1) is 12.5. The van der Waals surface area contributed by atoms with Crippen molar-refractivity contribution in [2.75, 3.05) is 7.11 Å². The number of nitrogens with one attached hydrogen (secondary N) is 1. The Hall–Kier alpha value is -2.31. The number of nitrogens with zero attached hydrogens (tertiary/aromatic N) is 2. The molecule has 0 saturated carbocycles. The van der Waals surface area contributed by atoms with E-state index in [0.717, 1.165) is 5.56 Å². The zero-order valence-electron chi connectivity index (χ0n) is 14.2. The molecule has 0 aliphatic carbocycles. The van der Waals surface area contributed by atoms with E-state index in [1.807, 2.05) is 42.1 Å². The fraction of sp³-hybridized carbons (Fsp3) is 0.158. The Kier molecular flexibility index (Phi) is 5.64. The summed E-state index contributed by atoms with van der Waals surface area (Å²) in [6.07, 6.45) is 3.53. The zero-order valence-corrected chi connectivity index (χ0v) is 16.6. The molecule has 0 aliphatic rings. The summed E-state index contributed by atoms with van der Waals surface area (Å²) in [5.41, 5.74) is 1.27. The number of benzene rings is 2. The maximum absolute atomic E-state index is 12.9. The van der Waals surface area contributed by atoms with Gasteiger partial charge in [0.25, 0.3) is 5.91 Å². The van der Waals surface area contributed by atoms with E-state index in [-0.39, 0.29) is 5.91 Å². The van der Waals surface area contributed by atoms with Gasteiger partial charge in [-0.1, -0.05) is 29.8 Å². The molecule has 7 heteroatoms. The van der Waals surface area contributed by atoms with E-state index < -0.39 is 6.04 Å². The topological polar surface area (TPSA) is 56.1 Å². The molecule has 2 aromatic carbocycles. The van der Waals surface area contributed by atoms with Crippen molar-refractivity contribution >= 4 is 33.4 Å². The number of carbonyl (C=O) groups excluding carboxylic acids is 1.